The first-order valence-corrected chi connectivity index (χ1v) is 17.0. The number of urea groups is 1. The first-order chi connectivity index (χ1) is 22.8. The van der Waals surface area contributed by atoms with Crippen LogP contribution < -0.4 is 10.2 Å². The molecule has 3 aliphatic rings. The van der Waals surface area contributed by atoms with Crippen LogP contribution in [0.1, 0.15) is 65.7 Å². The summed E-state index contributed by atoms with van der Waals surface area (Å²) in [6, 6.07) is 23.7. The van der Waals surface area contributed by atoms with Crippen LogP contribution in [-0.4, -0.2) is 63.0 Å². The lowest BCUT2D eigenvalue weighted by atomic mass is 9.95. The Kier molecular flexibility index (Phi) is 9.01. The Bertz CT molecular complexity index is 1710. The second-order valence-corrected chi connectivity index (χ2v) is 13.4. The average Bonchev–Trinajstić information content (AvgIpc) is 3.53. The molecule has 4 heterocycles. The Morgan fingerprint density at radius 3 is 2.36 bits per heavy atom. The molecule has 8 nitrogen and oxygen atoms in total. The SMILES string of the molecule is Cc1nc2c(n1C1C[C@H]3CC[C@@H](C1)N3CCCN(C(=O)Nc1ccc(Cl)cc1)c1ccc(F)cc1)CCN(C(=O)c1ccccc1)C2. The average molecular weight is 655 g/mol. The van der Waals surface area contributed by atoms with Gasteiger partial charge in [-0.2, -0.15) is 0 Å². The summed E-state index contributed by atoms with van der Waals surface area (Å²) in [5, 5.41) is 3.56. The topological polar surface area (TPSA) is 73.7 Å². The molecule has 7 rings (SSSR count). The smallest absolute Gasteiger partial charge is 0.326 e. The molecule has 244 valence electrons. The van der Waals surface area contributed by atoms with E-state index in [-0.39, 0.29) is 17.8 Å². The monoisotopic (exact) mass is 654 g/mol. The fourth-order valence-corrected chi connectivity index (χ4v) is 8.01. The van der Waals surface area contributed by atoms with E-state index in [2.05, 4.69) is 21.7 Å². The zero-order valence-corrected chi connectivity index (χ0v) is 27.4. The number of piperidine rings is 1. The van der Waals surface area contributed by atoms with Gasteiger partial charge in [0.25, 0.3) is 5.91 Å². The lowest BCUT2D eigenvalue weighted by molar-refractivity contribution is 0.0728. The molecule has 1 N–H and O–H groups in total. The van der Waals surface area contributed by atoms with Gasteiger partial charge in [-0.25, -0.2) is 14.2 Å². The molecule has 1 unspecified atom stereocenters. The third-order valence-electron chi connectivity index (χ3n) is 10.0. The van der Waals surface area contributed by atoms with Gasteiger partial charge in [0.2, 0.25) is 0 Å². The van der Waals surface area contributed by atoms with Crippen LogP contribution in [0.4, 0.5) is 20.6 Å². The number of carbonyl (C=O) groups excluding carboxylic acids is 2. The number of aromatic nitrogens is 2. The summed E-state index contributed by atoms with van der Waals surface area (Å²) in [5.41, 5.74) is 4.35. The van der Waals surface area contributed by atoms with E-state index in [1.54, 1.807) is 41.3 Å². The van der Waals surface area contributed by atoms with Gasteiger partial charge < -0.3 is 14.8 Å². The highest BCUT2D eigenvalue weighted by Crippen LogP contribution is 2.42. The lowest BCUT2D eigenvalue weighted by Crippen LogP contribution is -2.45. The van der Waals surface area contributed by atoms with Gasteiger partial charge in [-0.15, -0.1) is 0 Å². The molecule has 0 aliphatic carbocycles. The predicted molar refractivity (Wildman–Crippen MR) is 182 cm³/mol. The van der Waals surface area contributed by atoms with Gasteiger partial charge in [-0.3, -0.25) is 14.6 Å². The van der Waals surface area contributed by atoms with E-state index in [1.807, 2.05) is 35.2 Å². The summed E-state index contributed by atoms with van der Waals surface area (Å²) in [6.07, 6.45) is 6.12. The summed E-state index contributed by atoms with van der Waals surface area (Å²) < 4.78 is 16.2. The van der Waals surface area contributed by atoms with E-state index in [0.29, 0.717) is 54.2 Å². The van der Waals surface area contributed by atoms with Crippen molar-refractivity contribution in [3.05, 3.63) is 112 Å². The summed E-state index contributed by atoms with van der Waals surface area (Å²) in [6.45, 7) is 4.77. The van der Waals surface area contributed by atoms with E-state index in [4.69, 9.17) is 16.6 Å². The number of aryl methyl sites for hydroxylation is 1. The molecule has 4 aromatic rings. The van der Waals surface area contributed by atoms with Crippen molar-refractivity contribution in [3.63, 3.8) is 0 Å². The van der Waals surface area contributed by atoms with E-state index in [0.717, 1.165) is 49.3 Å². The fourth-order valence-electron chi connectivity index (χ4n) is 7.89. The minimum atomic E-state index is -0.335. The Labute approximate surface area is 280 Å². The lowest BCUT2D eigenvalue weighted by Gasteiger charge is -2.41. The molecule has 2 fully saturated rings. The highest BCUT2D eigenvalue weighted by atomic mass is 35.5. The van der Waals surface area contributed by atoms with Gasteiger partial charge in [-0.1, -0.05) is 29.8 Å². The summed E-state index contributed by atoms with van der Waals surface area (Å²) in [7, 11) is 0. The molecule has 2 saturated heterocycles. The van der Waals surface area contributed by atoms with E-state index < -0.39 is 0 Å². The summed E-state index contributed by atoms with van der Waals surface area (Å²) in [5.74, 6) is 0.775. The maximum atomic E-state index is 13.7. The molecule has 3 aliphatic heterocycles. The highest BCUT2D eigenvalue weighted by molar-refractivity contribution is 6.30. The summed E-state index contributed by atoms with van der Waals surface area (Å²) in [4.78, 5) is 37.8. The quantitative estimate of drug-likeness (QED) is 0.214. The number of fused-ring (bicyclic) bond motifs is 3. The van der Waals surface area contributed by atoms with Crippen LogP contribution in [0.15, 0.2) is 78.9 Å². The number of nitrogens with one attached hydrogen (secondary N) is 1. The van der Waals surface area contributed by atoms with Crippen LogP contribution in [0, 0.1) is 12.7 Å². The normalized spacial score (nSPS) is 20.6. The van der Waals surface area contributed by atoms with Crippen molar-refractivity contribution in [2.75, 3.05) is 29.9 Å². The largest absolute Gasteiger partial charge is 0.332 e. The number of hydrogen-bond donors (Lipinski definition) is 1. The molecule has 0 saturated carbocycles. The van der Waals surface area contributed by atoms with Crippen LogP contribution in [-0.2, 0) is 13.0 Å². The molecule has 10 heteroatoms. The van der Waals surface area contributed by atoms with Crippen molar-refractivity contribution in [1.82, 2.24) is 19.4 Å². The number of nitrogens with zero attached hydrogens (tertiary/aromatic N) is 5. The number of rotatable bonds is 8. The molecule has 0 radical (unpaired) electrons. The van der Waals surface area contributed by atoms with Gasteiger partial charge in [0.1, 0.15) is 11.6 Å². The molecular weight excluding hydrogens is 615 g/mol. The van der Waals surface area contributed by atoms with Crippen molar-refractivity contribution in [2.45, 2.75) is 70.1 Å². The number of benzene rings is 3. The minimum absolute atomic E-state index is 0.0651. The zero-order valence-electron chi connectivity index (χ0n) is 26.6. The van der Waals surface area contributed by atoms with Crippen LogP contribution in [0.3, 0.4) is 0 Å². The van der Waals surface area contributed by atoms with Crippen molar-refractivity contribution >= 4 is 34.9 Å². The van der Waals surface area contributed by atoms with E-state index in [9.17, 15) is 14.0 Å². The zero-order chi connectivity index (χ0) is 32.5. The Balaban J connectivity index is 0.992. The summed E-state index contributed by atoms with van der Waals surface area (Å²) >= 11 is 6.02. The third kappa shape index (κ3) is 6.64. The fraction of sp³-hybridized carbons (Fsp3) is 0.378. The minimum Gasteiger partial charge on any atom is -0.332 e. The number of amides is 3. The van der Waals surface area contributed by atoms with E-state index in [1.165, 1.54) is 30.7 Å². The molecule has 3 atom stereocenters. The molecule has 2 bridgehead atoms. The first-order valence-electron chi connectivity index (χ1n) is 16.6. The van der Waals surface area contributed by atoms with Crippen molar-refractivity contribution in [3.8, 4) is 0 Å². The van der Waals surface area contributed by atoms with Gasteiger partial charge in [0, 0.05) is 71.8 Å². The van der Waals surface area contributed by atoms with Gasteiger partial charge in [0.15, 0.2) is 0 Å². The second-order valence-electron chi connectivity index (χ2n) is 12.9. The first kappa shape index (κ1) is 31.4. The van der Waals surface area contributed by atoms with E-state index >= 15 is 0 Å². The Morgan fingerprint density at radius 2 is 1.66 bits per heavy atom. The predicted octanol–water partition coefficient (Wildman–Crippen LogP) is 7.48. The standard InChI is InChI=1S/C37H40ClFN6O2/c1-25-40-34-24-42(36(46)26-6-3-2-4-7-26)21-18-35(34)45(25)33-22-31-16-17-32(23-33)43(31)19-5-20-44(30-14-10-28(39)11-15-30)37(47)41-29-12-8-27(38)9-13-29/h2-4,6-15,31-33H,5,16-24H2,1H3,(H,41,47)/t31-,32+,33?. The number of imidazole rings is 1. The van der Waals surface area contributed by atoms with Gasteiger partial charge in [0.05, 0.1) is 12.2 Å². The Hall–Kier alpha value is -4.21. The molecule has 3 amide bonds. The molecular formula is C37H40ClFN6O2. The van der Waals surface area contributed by atoms with Gasteiger partial charge >= 0.3 is 6.03 Å². The van der Waals surface area contributed by atoms with Crippen molar-refractivity contribution in [2.24, 2.45) is 0 Å². The maximum absolute atomic E-state index is 13.7. The Morgan fingerprint density at radius 1 is 0.957 bits per heavy atom. The van der Waals surface area contributed by atoms with Crippen LogP contribution in [0.2, 0.25) is 5.02 Å². The molecule has 0 spiro atoms. The maximum Gasteiger partial charge on any atom is 0.326 e. The van der Waals surface area contributed by atoms with Gasteiger partial charge in [-0.05, 0) is 99.7 Å². The number of carbonyl (C=O) groups is 2. The number of halogens is 2. The number of anilines is 2. The third-order valence-corrected chi connectivity index (χ3v) is 10.3. The van der Waals surface area contributed by atoms with Crippen molar-refractivity contribution in [1.29, 1.82) is 0 Å². The molecule has 1 aromatic heterocycles. The second kappa shape index (κ2) is 13.5. The number of hydrogen-bond acceptors (Lipinski definition) is 4. The molecule has 47 heavy (non-hydrogen) atoms. The molecule has 3 aromatic carbocycles. The van der Waals surface area contributed by atoms with Crippen molar-refractivity contribution < 1.29 is 14.0 Å². The van der Waals surface area contributed by atoms with Crippen LogP contribution >= 0.6 is 11.6 Å². The van der Waals surface area contributed by atoms with Crippen LogP contribution in [0.5, 0.6) is 0 Å². The van der Waals surface area contributed by atoms with Crippen LogP contribution in [0.25, 0.3) is 0 Å². The highest BCUT2D eigenvalue weighted by Gasteiger charge is 2.42.